The summed E-state index contributed by atoms with van der Waals surface area (Å²) in [6, 6.07) is 15.5. The zero-order chi connectivity index (χ0) is 23.1. The number of nitrogens with one attached hydrogen (secondary N) is 2. The smallest absolute Gasteiger partial charge is 0.230 e. The zero-order valence-electron chi connectivity index (χ0n) is 18.9. The number of anilines is 1. The van der Waals surface area contributed by atoms with Crippen molar-refractivity contribution in [1.82, 2.24) is 20.1 Å². The number of carbonyl (C=O) groups is 2. The molecule has 0 aliphatic carbocycles. The van der Waals surface area contributed by atoms with Crippen LogP contribution in [-0.4, -0.2) is 32.3 Å². The lowest BCUT2D eigenvalue weighted by atomic mass is 10.1. The third-order valence-corrected chi connectivity index (χ3v) is 5.95. The van der Waals surface area contributed by atoms with Gasteiger partial charge >= 0.3 is 0 Å². The van der Waals surface area contributed by atoms with Crippen molar-refractivity contribution >= 4 is 29.3 Å². The van der Waals surface area contributed by atoms with Crippen molar-refractivity contribution in [3.8, 4) is 11.4 Å². The molecule has 0 saturated carbocycles. The topological polar surface area (TPSA) is 88.9 Å². The highest BCUT2D eigenvalue weighted by molar-refractivity contribution is 7.99. The maximum absolute atomic E-state index is 12.4. The average Bonchev–Trinajstić information content (AvgIpc) is 3.20. The Morgan fingerprint density at radius 1 is 1.06 bits per heavy atom. The minimum absolute atomic E-state index is 0.0198. The van der Waals surface area contributed by atoms with Crippen LogP contribution < -0.4 is 10.6 Å². The number of amides is 2. The van der Waals surface area contributed by atoms with E-state index in [1.54, 1.807) is 0 Å². The second-order valence-corrected chi connectivity index (χ2v) is 8.71. The van der Waals surface area contributed by atoms with Gasteiger partial charge in [-0.3, -0.25) is 9.59 Å². The maximum Gasteiger partial charge on any atom is 0.230 e. The van der Waals surface area contributed by atoms with Gasteiger partial charge in [0.25, 0.3) is 0 Å². The molecule has 168 valence electrons. The van der Waals surface area contributed by atoms with Crippen molar-refractivity contribution in [3.05, 3.63) is 59.7 Å². The van der Waals surface area contributed by atoms with Gasteiger partial charge in [-0.15, -0.1) is 10.2 Å². The summed E-state index contributed by atoms with van der Waals surface area (Å²) in [5, 5.41) is 15.2. The van der Waals surface area contributed by atoms with Crippen molar-refractivity contribution in [2.75, 3.05) is 11.1 Å². The van der Waals surface area contributed by atoms with Crippen LogP contribution in [0.2, 0.25) is 0 Å². The van der Waals surface area contributed by atoms with E-state index in [1.807, 2.05) is 67.8 Å². The highest BCUT2D eigenvalue weighted by atomic mass is 32.2. The number of benzene rings is 2. The van der Waals surface area contributed by atoms with Crippen LogP contribution >= 0.6 is 11.8 Å². The lowest BCUT2D eigenvalue weighted by molar-refractivity contribution is -0.119. The molecule has 3 aromatic rings. The first-order valence-corrected chi connectivity index (χ1v) is 11.7. The molecular formula is C24H29N5O2S. The van der Waals surface area contributed by atoms with Crippen LogP contribution in [0.25, 0.3) is 11.4 Å². The van der Waals surface area contributed by atoms with Crippen molar-refractivity contribution < 1.29 is 9.59 Å². The van der Waals surface area contributed by atoms with Crippen LogP contribution in [0.5, 0.6) is 0 Å². The highest BCUT2D eigenvalue weighted by Crippen LogP contribution is 2.26. The molecule has 1 aromatic heterocycles. The van der Waals surface area contributed by atoms with Crippen LogP contribution in [0.1, 0.15) is 31.9 Å². The van der Waals surface area contributed by atoms with E-state index in [2.05, 4.69) is 33.8 Å². The zero-order valence-corrected chi connectivity index (χ0v) is 19.7. The first-order valence-electron chi connectivity index (χ1n) is 10.7. The standard InChI is InChI=1S/C24H29N5O2S/c1-5-29-22(20-9-7-6-8-17(20)4)27-28-24(29)32-15-21(30)25-14-18-10-12-19(13-11-18)26-23(31)16(2)3/h6-13,16H,5,14-15H2,1-4H3,(H,25,30)(H,26,31). The molecule has 7 nitrogen and oxygen atoms in total. The number of hydrogen-bond acceptors (Lipinski definition) is 5. The van der Waals surface area contributed by atoms with Gasteiger partial charge in [0.1, 0.15) is 0 Å². The number of nitrogens with zero attached hydrogens (tertiary/aromatic N) is 3. The molecule has 0 spiro atoms. The number of thioether (sulfide) groups is 1. The fraction of sp³-hybridized carbons (Fsp3) is 0.333. The Balaban J connectivity index is 1.53. The Kier molecular flexibility index (Phi) is 8.05. The third-order valence-electron chi connectivity index (χ3n) is 4.99. The second-order valence-electron chi connectivity index (χ2n) is 7.77. The normalized spacial score (nSPS) is 10.9. The molecule has 0 fully saturated rings. The van der Waals surface area contributed by atoms with E-state index in [1.165, 1.54) is 11.8 Å². The van der Waals surface area contributed by atoms with Crippen LogP contribution in [-0.2, 0) is 22.7 Å². The molecule has 2 N–H and O–H groups in total. The van der Waals surface area contributed by atoms with E-state index in [4.69, 9.17) is 0 Å². The van der Waals surface area contributed by atoms with Gasteiger partial charge in [0.15, 0.2) is 11.0 Å². The van der Waals surface area contributed by atoms with Gasteiger partial charge < -0.3 is 15.2 Å². The summed E-state index contributed by atoms with van der Waals surface area (Å²) in [6.45, 7) is 8.94. The molecule has 0 atom stereocenters. The van der Waals surface area contributed by atoms with Gasteiger partial charge in [0.05, 0.1) is 5.75 Å². The van der Waals surface area contributed by atoms with Crippen LogP contribution in [0.4, 0.5) is 5.69 Å². The Morgan fingerprint density at radius 3 is 2.44 bits per heavy atom. The Bertz CT molecular complexity index is 1080. The van der Waals surface area contributed by atoms with Gasteiger partial charge in [-0.2, -0.15) is 0 Å². The highest BCUT2D eigenvalue weighted by Gasteiger charge is 2.15. The summed E-state index contributed by atoms with van der Waals surface area (Å²) < 4.78 is 2.03. The fourth-order valence-electron chi connectivity index (χ4n) is 3.08. The summed E-state index contributed by atoms with van der Waals surface area (Å²) >= 11 is 1.38. The minimum Gasteiger partial charge on any atom is -0.351 e. The molecule has 0 saturated heterocycles. The SMILES string of the molecule is CCn1c(SCC(=O)NCc2ccc(NC(=O)C(C)C)cc2)nnc1-c1ccccc1C. The first-order chi connectivity index (χ1) is 15.4. The molecular weight excluding hydrogens is 422 g/mol. The Hall–Kier alpha value is -3.13. The summed E-state index contributed by atoms with van der Waals surface area (Å²) in [7, 11) is 0. The van der Waals surface area contributed by atoms with Crippen molar-refractivity contribution in [2.24, 2.45) is 5.92 Å². The molecule has 2 aromatic carbocycles. The summed E-state index contributed by atoms with van der Waals surface area (Å²) in [5.41, 5.74) is 3.90. The van der Waals surface area contributed by atoms with E-state index in [-0.39, 0.29) is 23.5 Å². The molecule has 3 rings (SSSR count). The van der Waals surface area contributed by atoms with Crippen molar-refractivity contribution in [1.29, 1.82) is 0 Å². The predicted molar refractivity (Wildman–Crippen MR) is 128 cm³/mol. The molecule has 0 aliphatic heterocycles. The number of aromatic nitrogens is 3. The van der Waals surface area contributed by atoms with Gasteiger partial charge in [0.2, 0.25) is 11.8 Å². The Labute approximate surface area is 193 Å². The number of carbonyl (C=O) groups excluding carboxylic acids is 2. The molecule has 8 heteroatoms. The molecule has 0 bridgehead atoms. The van der Waals surface area contributed by atoms with Crippen LogP contribution in [0, 0.1) is 12.8 Å². The molecule has 1 heterocycles. The monoisotopic (exact) mass is 451 g/mol. The maximum atomic E-state index is 12.4. The summed E-state index contributed by atoms with van der Waals surface area (Å²) in [4.78, 5) is 24.1. The number of rotatable bonds is 9. The first kappa shape index (κ1) is 23.5. The van der Waals surface area contributed by atoms with Gasteiger partial charge in [-0.25, -0.2) is 0 Å². The summed E-state index contributed by atoms with van der Waals surface area (Å²) in [5.74, 6) is 0.911. The lowest BCUT2D eigenvalue weighted by Gasteiger charge is -2.10. The van der Waals surface area contributed by atoms with Gasteiger partial charge in [-0.1, -0.05) is 62.0 Å². The van der Waals surface area contributed by atoms with E-state index in [9.17, 15) is 9.59 Å². The fourth-order valence-corrected chi connectivity index (χ4v) is 3.91. The quantitative estimate of drug-likeness (QED) is 0.474. The third kappa shape index (κ3) is 5.97. The van der Waals surface area contributed by atoms with E-state index < -0.39 is 0 Å². The van der Waals surface area contributed by atoms with Crippen molar-refractivity contribution in [2.45, 2.75) is 45.9 Å². The number of hydrogen-bond donors (Lipinski definition) is 2. The van der Waals surface area contributed by atoms with Crippen LogP contribution in [0.3, 0.4) is 0 Å². The molecule has 2 amide bonds. The number of aryl methyl sites for hydroxylation is 1. The van der Waals surface area contributed by atoms with Crippen LogP contribution in [0.15, 0.2) is 53.7 Å². The van der Waals surface area contributed by atoms with Crippen molar-refractivity contribution in [3.63, 3.8) is 0 Å². The Morgan fingerprint density at radius 2 is 1.78 bits per heavy atom. The van der Waals surface area contributed by atoms with Gasteiger partial charge in [0, 0.05) is 30.3 Å². The van der Waals surface area contributed by atoms with E-state index >= 15 is 0 Å². The average molecular weight is 452 g/mol. The minimum atomic E-state index is -0.0738. The second kappa shape index (κ2) is 10.9. The molecule has 0 radical (unpaired) electrons. The van der Waals surface area contributed by atoms with E-state index in [0.29, 0.717) is 6.54 Å². The molecule has 32 heavy (non-hydrogen) atoms. The predicted octanol–water partition coefficient (Wildman–Crippen LogP) is 4.28. The van der Waals surface area contributed by atoms with Gasteiger partial charge in [-0.05, 0) is 37.1 Å². The molecule has 0 aliphatic rings. The summed E-state index contributed by atoms with van der Waals surface area (Å²) in [6.07, 6.45) is 0. The lowest BCUT2D eigenvalue weighted by Crippen LogP contribution is -2.24. The van der Waals surface area contributed by atoms with E-state index in [0.717, 1.165) is 39.9 Å². The largest absolute Gasteiger partial charge is 0.351 e. The molecule has 0 unspecified atom stereocenters.